The van der Waals surface area contributed by atoms with Crippen LogP contribution in [0.5, 0.6) is 0 Å². The first kappa shape index (κ1) is 14.5. The molecule has 1 aromatic rings. The Morgan fingerprint density at radius 1 is 1.33 bits per heavy atom. The highest BCUT2D eigenvalue weighted by Crippen LogP contribution is 2.33. The Kier molecular flexibility index (Phi) is 3.71. The van der Waals surface area contributed by atoms with Crippen LogP contribution >= 0.6 is 0 Å². The fourth-order valence-corrected chi connectivity index (χ4v) is 3.29. The normalized spacial score (nSPS) is 28.9. The number of hydrogen-bond donors (Lipinski definition) is 1. The third kappa shape index (κ3) is 2.94. The molecule has 21 heavy (non-hydrogen) atoms. The van der Waals surface area contributed by atoms with Crippen LogP contribution in [-0.2, 0) is 9.53 Å². The Morgan fingerprint density at radius 2 is 2.05 bits per heavy atom. The average Bonchev–Trinajstić information content (AvgIpc) is 2.80. The van der Waals surface area contributed by atoms with Crippen molar-refractivity contribution in [2.75, 3.05) is 13.2 Å². The van der Waals surface area contributed by atoms with Crippen molar-refractivity contribution in [2.45, 2.75) is 44.5 Å². The van der Waals surface area contributed by atoms with Gasteiger partial charge in [0.2, 0.25) is 5.91 Å². The van der Waals surface area contributed by atoms with E-state index in [0.29, 0.717) is 13.2 Å². The van der Waals surface area contributed by atoms with Crippen molar-refractivity contribution in [3.8, 4) is 0 Å². The van der Waals surface area contributed by atoms with E-state index < -0.39 is 0 Å². The molecule has 0 spiro atoms. The van der Waals surface area contributed by atoms with Gasteiger partial charge in [0, 0.05) is 12.6 Å². The van der Waals surface area contributed by atoms with Crippen LogP contribution in [0.4, 0.5) is 4.39 Å². The van der Waals surface area contributed by atoms with E-state index in [-0.39, 0.29) is 29.5 Å². The highest BCUT2D eigenvalue weighted by molar-refractivity contribution is 5.81. The fourth-order valence-electron chi connectivity index (χ4n) is 3.29. The summed E-state index contributed by atoms with van der Waals surface area (Å²) in [6.45, 7) is 5.11. The smallest absolute Gasteiger partial charge is 0.238 e. The third-order valence-electron chi connectivity index (χ3n) is 4.26. The number of carbonyl (C=O) groups is 1. The molecule has 114 valence electrons. The number of ether oxygens (including phenoxy) is 1. The molecule has 0 aliphatic carbocycles. The number of nitrogens with one attached hydrogen (secondary N) is 1. The lowest BCUT2D eigenvalue weighted by Crippen LogP contribution is -2.48. The molecule has 2 aliphatic heterocycles. The van der Waals surface area contributed by atoms with Crippen LogP contribution in [-0.4, -0.2) is 35.6 Å². The van der Waals surface area contributed by atoms with Crippen molar-refractivity contribution in [3.63, 3.8) is 0 Å². The third-order valence-corrected chi connectivity index (χ3v) is 4.26. The second-order valence-corrected chi connectivity index (χ2v) is 6.39. The molecule has 4 nitrogen and oxygen atoms in total. The summed E-state index contributed by atoms with van der Waals surface area (Å²) in [5, 5.41) is 3.23. The molecule has 2 unspecified atom stereocenters. The Balaban J connectivity index is 1.84. The Morgan fingerprint density at radius 3 is 2.71 bits per heavy atom. The van der Waals surface area contributed by atoms with Gasteiger partial charge < -0.3 is 9.64 Å². The summed E-state index contributed by atoms with van der Waals surface area (Å²) in [6.07, 6.45) is 1.49. The molecule has 1 aromatic carbocycles. The second-order valence-electron chi connectivity index (χ2n) is 6.39. The van der Waals surface area contributed by atoms with Crippen molar-refractivity contribution in [3.05, 3.63) is 35.6 Å². The molecule has 0 saturated carbocycles. The van der Waals surface area contributed by atoms with Crippen molar-refractivity contribution in [2.24, 2.45) is 0 Å². The zero-order valence-corrected chi connectivity index (χ0v) is 12.4. The summed E-state index contributed by atoms with van der Waals surface area (Å²) < 4.78 is 18.8. The molecule has 2 heterocycles. The van der Waals surface area contributed by atoms with Crippen LogP contribution in [0.15, 0.2) is 24.3 Å². The van der Waals surface area contributed by atoms with Gasteiger partial charge in [0.15, 0.2) is 0 Å². The molecule has 1 N–H and O–H groups in total. The maximum atomic E-state index is 13.1. The molecule has 3 rings (SSSR count). The van der Waals surface area contributed by atoms with E-state index in [9.17, 15) is 9.18 Å². The van der Waals surface area contributed by atoms with Crippen molar-refractivity contribution in [1.29, 1.82) is 0 Å². The predicted molar refractivity (Wildman–Crippen MR) is 77.0 cm³/mol. The zero-order chi connectivity index (χ0) is 15.0. The lowest BCUT2D eigenvalue weighted by Gasteiger charge is -2.41. The first-order valence-electron chi connectivity index (χ1n) is 7.40. The Bertz CT molecular complexity index is 530. The van der Waals surface area contributed by atoms with E-state index >= 15 is 0 Å². The maximum Gasteiger partial charge on any atom is 0.238 e. The first-order valence-corrected chi connectivity index (χ1v) is 7.40. The quantitative estimate of drug-likeness (QED) is 0.908. The van der Waals surface area contributed by atoms with Crippen molar-refractivity contribution < 1.29 is 13.9 Å². The summed E-state index contributed by atoms with van der Waals surface area (Å²) in [4.78, 5) is 14.2. The van der Waals surface area contributed by atoms with Gasteiger partial charge in [-0.3, -0.25) is 10.1 Å². The molecular weight excluding hydrogens is 271 g/mol. The van der Waals surface area contributed by atoms with Gasteiger partial charge >= 0.3 is 0 Å². The molecule has 2 saturated heterocycles. The van der Waals surface area contributed by atoms with Gasteiger partial charge in [0.25, 0.3) is 0 Å². The highest BCUT2D eigenvalue weighted by Gasteiger charge is 2.41. The monoisotopic (exact) mass is 292 g/mol. The van der Waals surface area contributed by atoms with Gasteiger partial charge in [-0.2, -0.15) is 0 Å². The van der Waals surface area contributed by atoms with Crippen molar-refractivity contribution in [1.82, 2.24) is 10.2 Å². The van der Waals surface area contributed by atoms with E-state index in [1.54, 1.807) is 12.1 Å². The van der Waals surface area contributed by atoms with E-state index in [4.69, 9.17) is 4.74 Å². The summed E-state index contributed by atoms with van der Waals surface area (Å²) >= 11 is 0. The standard InChI is InChI=1S/C16H21FN2O2/c1-16(2)9-13(7-8-21-16)19-14(20)10-18-15(19)11-3-5-12(17)6-4-11/h3-6,13,15,18H,7-10H2,1-2H3. The number of halogens is 1. The number of benzene rings is 1. The Labute approximate surface area is 124 Å². The molecule has 2 aliphatic rings. The largest absolute Gasteiger partial charge is 0.375 e. The lowest BCUT2D eigenvalue weighted by molar-refractivity contribution is -0.137. The molecule has 2 atom stereocenters. The number of amides is 1. The van der Waals surface area contributed by atoms with Gasteiger partial charge in [-0.1, -0.05) is 12.1 Å². The minimum absolute atomic E-state index is 0.104. The van der Waals surface area contributed by atoms with Gasteiger partial charge in [-0.15, -0.1) is 0 Å². The first-order chi connectivity index (χ1) is 9.96. The zero-order valence-electron chi connectivity index (χ0n) is 12.4. The SMILES string of the molecule is CC1(C)CC(N2C(=O)CNC2c2ccc(F)cc2)CCO1. The topological polar surface area (TPSA) is 41.6 Å². The van der Waals surface area contributed by atoms with Crippen molar-refractivity contribution >= 4 is 5.91 Å². The number of rotatable bonds is 2. The predicted octanol–water partition coefficient (Wildman–Crippen LogP) is 2.21. The summed E-state index contributed by atoms with van der Waals surface area (Å²) in [6, 6.07) is 6.51. The Hall–Kier alpha value is -1.46. The molecule has 5 heteroatoms. The molecule has 0 bridgehead atoms. The minimum atomic E-state index is -0.262. The molecule has 0 aromatic heterocycles. The van der Waals surface area contributed by atoms with Gasteiger partial charge in [-0.25, -0.2) is 4.39 Å². The average molecular weight is 292 g/mol. The molecule has 0 radical (unpaired) electrons. The van der Waals surface area contributed by atoms with E-state index in [1.165, 1.54) is 12.1 Å². The summed E-state index contributed by atoms with van der Waals surface area (Å²) in [5.74, 6) is -0.158. The van der Waals surface area contributed by atoms with Crippen LogP contribution in [0, 0.1) is 5.82 Å². The number of carbonyl (C=O) groups excluding carboxylic acids is 1. The van der Waals surface area contributed by atoms with Crippen LogP contribution in [0.25, 0.3) is 0 Å². The van der Waals surface area contributed by atoms with Crippen LogP contribution < -0.4 is 5.32 Å². The second kappa shape index (κ2) is 5.39. The molecular formula is C16H21FN2O2. The molecule has 1 amide bonds. The van der Waals surface area contributed by atoms with E-state index in [0.717, 1.165) is 18.4 Å². The fraction of sp³-hybridized carbons (Fsp3) is 0.562. The van der Waals surface area contributed by atoms with Gasteiger partial charge in [0.05, 0.1) is 12.1 Å². The number of hydrogen-bond acceptors (Lipinski definition) is 3. The minimum Gasteiger partial charge on any atom is -0.375 e. The van der Waals surface area contributed by atoms with Gasteiger partial charge in [0.1, 0.15) is 12.0 Å². The highest BCUT2D eigenvalue weighted by atomic mass is 19.1. The lowest BCUT2D eigenvalue weighted by atomic mass is 9.92. The molecule has 2 fully saturated rings. The van der Waals surface area contributed by atoms with Crippen LogP contribution in [0.1, 0.15) is 38.4 Å². The number of nitrogens with zero attached hydrogens (tertiary/aromatic N) is 1. The van der Waals surface area contributed by atoms with E-state index in [2.05, 4.69) is 19.2 Å². The van der Waals surface area contributed by atoms with Gasteiger partial charge in [-0.05, 0) is 44.4 Å². The van der Waals surface area contributed by atoms with Crippen LogP contribution in [0.2, 0.25) is 0 Å². The van der Waals surface area contributed by atoms with Crippen LogP contribution in [0.3, 0.4) is 0 Å². The summed E-state index contributed by atoms with van der Waals surface area (Å²) in [7, 11) is 0. The van der Waals surface area contributed by atoms with E-state index in [1.807, 2.05) is 4.90 Å². The summed E-state index contributed by atoms with van der Waals surface area (Å²) in [5.41, 5.74) is 0.714. The maximum absolute atomic E-state index is 13.1.